The van der Waals surface area contributed by atoms with Crippen molar-refractivity contribution in [3.05, 3.63) is 179 Å². The molecule has 288 valence electrons. The number of thioether (sulfide) groups is 1. The molecule has 12 nitrogen and oxygen atoms in total. The summed E-state index contributed by atoms with van der Waals surface area (Å²) in [5.41, 5.74) is 3.23. The van der Waals surface area contributed by atoms with Gasteiger partial charge in [-0.15, -0.1) is 11.8 Å². The number of aromatic nitrogens is 2. The van der Waals surface area contributed by atoms with Crippen LogP contribution in [0, 0.1) is 0 Å². The van der Waals surface area contributed by atoms with Crippen LogP contribution in [0.5, 0.6) is 5.75 Å². The summed E-state index contributed by atoms with van der Waals surface area (Å²) in [4.78, 5) is 52.4. The van der Waals surface area contributed by atoms with Gasteiger partial charge < -0.3 is 24.9 Å². The molecule has 2 N–H and O–H groups in total. The first-order chi connectivity index (χ1) is 27.9. The fourth-order valence-corrected chi connectivity index (χ4v) is 8.62. The van der Waals surface area contributed by atoms with Gasteiger partial charge in [0.2, 0.25) is 16.7 Å². The molecule has 2 aliphatic heterocycles. The second-order valence-corrected chi connectivity index (χ2v) is 14.6. The predicted molar refractivity (Wildman–Crippen MR) is 220 cm³/mol. The van der Waals surface area contributed by atoms with Gasteiger partial charge in [0.1, 0.15) is 42.1 Å². The summed E-state index contributed by atoms with van der Waals surface area (Å²) in [5.74, 6) is -0.802. The number of nitrogens with one attached hydrogen (secondary N) is 2. The zero-order chi connectivity index (χ0) is 39.8. The summed E-state index contributed by atoms with van der Waals surface area (Å²) in [7, 11) is 2.88. The molecule has 1 saturated heterocycles. The Hall–Kier alpha value is -6.51. The molecule has 0 spiro atoms. The Labute approximate surface area is 338 Å². The van der Waals surface area contributed by atoms with Crippen molar-refractivity contribution < 1.29 is 28.7 Å². The van der Waals surface area contributed by atoms with Crippen LogP contribution in [0.15, 0.2) is 156 Å². The number of esters is 1. The highest BCUT2D eigenvalue weighted by Crippen LogP contribution is 2.42. The van der Waals surface area contributed by atoms with Crippen molar-refractivity contribution in [3.8, 4) is 5.75 Å². The second-order valence-electron chi connectivity index (χ2n) is 12.8. The quantitative estimate of drug-likeness (QED) is 0.0303. The number of anilines is 1. The van der Waals surface area contributed by atoms with Crippen molar-refractivity contribution in [2.45, 2.75) is 23.6 Å². The molecular weight excluding hydrogens is 761 g/mol. The first-order valence-electron chi connectivity index (χ1n) is 17.9. The molecule has 2 atom stereocenters. The van der Waals surface area contributed by atoms with E-state index in [4.69, 9.17) is 19.3 Å². The molecule has 0 unspecified atom stereocenters. The number of β-lactam (4-membered cyclic amide) rings is 1. The number of hydrogen-bond donors (Lipinski definition) is 2. The first kappa shape index (κ1) is 38.8. The van der Waals surface area contributed by atoms with E-state index in [0.717, 1.165) is 33.8 Å². The number of rotatable bonds is 15. The number of carbonyl (C=O) groups excluding carboxylic acids is 3. The van der Waals surface area contributed by atoms with Gasteiger partial charge in [-0.05, 0) is 40.0 Å². The van der Waals surface area contributed by atoms with Crippen LogP contribution in [0.4, 0.5) is 5.13 Å². The van der Waals surface area contributed by atoms with E-state index in [1.54, 1.807) is 49.6 Å². The van der Waals surface area contributed by atoms with Crippen LogP contribution in [0.25, 0.3) is 0 Å². The fraction of sp³-hybridized carbons (Fsp3) is 0.163. The van der Waals surface area contributed by atoms with E-state index in [9.17, 15) is 14.4 Å². The van der Waals surface area contributed by atoms with E-state index in [2.05, 4.69) is 26.7 Å². The van der Waals surface area contributed by atoms with E-state index in [1.165, 1.54) is 23.8 Å². The highest BCUT2D eigenvalue weighted by molar-refractivity contribution is 8.00. The Balaban J connectivity index is 1.12. The molecule has 1 fully saturated rings. The molecule has 14 heteroatoms. The standard InChI is InChI=1S/C43H38N6O6S2/c1-4-5-15-29-27-56-40-35(39(51)49(40)36(29)41(52)55-26-28-22-24-33(53-2)25-23-28)44-38(50)34(47-54-3)37-45-42(57-48-37)46-43(30-16-9-6-10-17-30,31-18-11-7-12-19-31)32-20-13-8-14-21-32/h4-25,35,40H,1,26-27H2,2-3H3,(H,44,50)(H,45,46,48)/b15-5+,47-34-/t35-,40-/m1/s1. The van der Waals surface area contributed by atoms with Crippen molar-refractivity contribution >= 4 is 51.9 Å². The molecule has 57 heavy (non-hydrogen) atoms. The Morgan fingerprint density at radius 2 is 1.54 bits per heavy atom. The van der Waals surface area contributed by atoms with Gasteiger partial charge in [-0.25, -0.2) is 4.79 Å². The zero-order valence-electron chi connectivity index (χ0n) is 31.0. The van der Waals surface area contributed by atoms with Crippen LogP contribution in [-0.2, 0) is 36.1 Å². The number of benzene rings is 4. The number of fused-ring (bicyclic) bond motifs is 1. The molecule has 7 rings (SSSR count). The third kappa shape index (κ3) is 7.95. The number of allylic oxidation sites excluding steroid dienone is 3. The van der Waals surface area contributed by atoms with Crippen molar-refractivity contribution in [3.63, 3.8) is 0 Å². The minimum atomic E-state index is -0.975. The number of amides is 2. The average molecular weight is 799 g/mol. The predicted octanol–water partition coefficient (Wildman–Crippen LogP) is 6.44. The van der Waals surface area contributed by atoms with Gasteiger partial charge in [0.15, 0.2) is 0 Å². The number of carbonyl (C=O) groups is 3. The SMILES string of the molecule is C=C/C=C/C1=C(C(=O)OCc2ccc(OC)cc2)N2C(=O)[C@@H](NC(=O)/C(=N\OC)c3nsc(NC(c4ccccc4)(c4ccccc4)c4ccccc4)n3)[C@H]2SC1. The minimum absolute atomic E-state index is 0.00408. The Kier molecular flexibility index (Phi) is 11.9. The lowest BCUT2D eigenvalue weighted by Crippen LogP contribution is -2.71. The largest absolute Gasteiger partial charge is 0.497 e. The van der Waals surface area contributed by atoms with Crippen LogP contribution in [-0.4, -0.2) is 69.1 Å². The summed E-state index contributed by atoms with van der Waals surface area (Å²) in [6.45, 7) is 3.71. The summed E-state index contributed by atoms with van der Waals surface area (Å²) < 4.78 is 15.4. The van der Waals surface area contributed by atoms with Crippen molar-refractivity contribution in [2.75, 3.05) is 25.3 Å². The maximum atomic E-state index is 13.9. The molecule has 0 bridgehead atoms. The second kappa shape index (κ2) is 17.5. The van der Waals surface area contributed by atoms with Gasteiger partial charge in [-0.3, -0.25) is 14.5 Å². The molecule has 4 aromatic carbocycles. The number of oxime groups is 1. The maximum Gasteiger partial charge on any atom is 0.355 e. The number of nitrogens with zero attached hydrogens (tertiary/aromatic N) is 4. The molecule has 2 amide bonds. The highest BCUT2D eigenvalue weighted by atomic mass is 32.2. The smallest absolute Gasteiger partial charge is 0.355 e. The maximum absolute atomic E-state index is 13.9. The van der Waals surface area contributed by atoms with Crippen LogP contribution < -0.4 is 15.4 Å². The lowest BCUT2D eigenvalue weighted by molar-refractivity contribution is -0.153. The average Bonchev–Trinajstić information content (AvgIpc) is 3.73. The van der Waals surface area contributed by atoms with Gasteiger partial charge in [0, 0.05) is 17.3 Å². The third-order valence-electron chi connectivity index (χ3n) is 9.39. The van der Waals surface area contributed by atoms with Crippen molar-refractivity contribution in [1.82, 2.24) is 19.6 Å². The molecule has 0 radical (unpaired) electrons. The molecule has 5 aromatic rings. The van der Waals surface area contributed by atoms with Gasteiger partial charge in [0.05, 0.1) is 7.11 Å². The van der Waals surface area contributed by atoms with E-state index in [1.807, 2.05) is 91.0 Å². The van der Waals surface area contributed by atoms with Gasteiger partial charge in [-0.2, -0.15) is 9.36 Å². The molecule has 1 aromatic heterocycles. The highest BCUT2D eigenvalue weighted by Gasteiger charge is 2.54. The normalized spacial score (nSPS) is 16.7. The van der Waals surface area contributed by atoms with E-state index in [-0.39, 0.29) is 23.8 Å². The molecule has 0 aliphatic carbocycles. The van der Waals surface area contributed by atoms with Crippen LogP contribution in [0.3, 0.4) is 0 Å². The van der Waals surface area contributed by atoms with Gasteiger partial charge >= 0.3 is 5.97 Å². The van der Waals surface area contributed by atoms with E-state index in [0.29, 0.717) is 22.2 Å². The number of methoxy groups -OCH3 is 1. The fourth-order valence-electron chi connectivity index (χ4n) is 6.68. The lowest BCUT2D eigenvalue weighted by Gasteiger charge is -2.49. The van der Waals surface area contributed by atoms with Crippen molar-refractivity contribution in [2.24, 2.45) is 5.16 Å². The minimum Gasteiger partial charge on any atom is -0.497 e. The topological polar surface area (TPSA) is 144 Å². The monoisotopic (exact) mass is 798 g/mol. The van der Waals surface area contributed by atoms with Crippen LogP contribution in [0.1, 0.15) is 28.1 Å². The van der Waals surface area contributed by atoms with E-state index >= 15 is 0 Å². The Bertz CT molecular complexity index is 2240. The summed E-state index contributed by atoms with van der Waals surface area (Å²) in [5, 5.41) is 10.3. The number of ether oxygens (including phenoxy) is 2. The Morgan fingerprint density at radius 1 is 0.930 bits per heavy atom. The third-order valence-corrected chi connectivity index (χ3v) is 11.3. The van der Waals surface area contributed by atoms with Gasteiger partial charge in [-0.1, -0.05) is 133 Å². The summed E-state index contributed by atoms with van der Waals surface area (Å²) in [6.07, 6.45) is 5.00. The van der Waals surface area contributed by atoms with Crippen molar-refractivity contribution in [1.29, 1.82) is 0 Å². The van der Waals surface area contributed by atoms with E-state index < -0.39 is 34.7 Å². The zero-order valence-corrected chi connectivity index (χ0v) is 32.7. The molecule has 2 aliphatic rings. The summed E-state index contributed by atoms with van der Waals surface area (Å²) >= 11 is 2.46. The lowest BCUT2D eigenvalue weighted by atomic mass is 9.77. The van der Waals surface area contributed by atoms with Crippen LogP contribution >= 0.6 is 23.3 Å². The number of hydrogen-bond acceptors (Lipinski definition) is 12. The summed E-state index contributed by atoms with van der Waals surface area (Å²) in [6, 6.07) is 36.2. The molecule has 0 saturated carbocycles. The van der Waals surface area contributed by atoms with Crippen LogP contribution in [0.2, 0.25) is 0 Å². The van der Waals surface area contributed by atoms with Gasteiger partial charge in [0.25, 0.3) is 11.8 Å². The Morgan fingerprint density at radius 3 is 2.11 bits per heavy atom. The molecular formula is C43H38N6O6S2. The molecule has 3 heterocycles. The first-order valence-corrected chi connectivity index (χ1v) is 19.7.